The number of anilines is 1. The van der Waals surface area contributed by atoms with Gasteiger partial charge in [0, 0.05) is 11.8 Å². The zero-order valence-electron chi connectivity index (χ0n) is 14.2. The lowest BCUT2D eigenvalue weighted by molar-refractivity contribution is -0.112. The molecule has 1 rings (SSSR count). The number of nitrogens with one attached hydrogen (secondary N) is 1. The Labute approximate surface area is 138 Å². The molecule has 0 saturated carbocycles. The Balaban J connectivity index is 2.67. The number of rotatable bonds is 6. The molecule has 0 spiro atoms. The third-order valence-electron chi connectivity index (χ3n) is 2.65. The summed E-state index contributed by atoms with van der Waals surface area (Å²) in [6.45, 7) is 15.0. The highest BCUT2D eigenvalue weighted by Crippen LogP contribution is 2.14. The Hall–Kier alpha value is -2.62. The number of nitrogens with zero attached hydrogens (tertiary/aromatic N) is 1. The van der Waals surface area contributed by atoms with Crippen molar-refractivity contribution in [1.82, 2.24) is 4.98 Å². The third-order valence-corrected chi connectivity index (χ3v) is 2.65. The van der Waals surface area contributed by atoms with Crippen LogP contribution in [0.2, 0.25) is 0 Å². The molecule has 0 aliphatic carbocycles. The van der Waals surface area contributed by atoms with Gasteiger partial charge in [-0.3, -0.25) is 4.79 Å². The van der Waals surface area contributed by atoms with E-state index in [1.807, 2.05) is 32.9 Å². The van der Waals surface area contributed by atoms with Crippen LogP contribution in [0.3, 0.4) is 0 Å². The number of amides is 1. The summed E-state index contributed by atoms with van der Waals surface area (Å²) in [5.74, 6) is 0.876. The molecule has 0 fully saturated rings. The second-order valence-electron chi connectivity index (χ2n) is 6.03. The van der Waals surface area contributed by atoms with Crippen LogP contribution in [0.25, 0.3) is 6.08 Å². The molecule has 1 heterocycles. The third kappa shape index (κ3) is 7.27. The maximum Gasteiger partial charge on any atom is 0.252 e. The van der Waals surface area contributed by atoms with Gasteiger partial charge < -0.3 is 10.1 Å². The Kier molecular flexibility index (Phi) is 6.51. The van der Waals surface area contributed by atoms with Crippen molar-refractivity contribution in [1.29, 1.82) is 0 Å². The van der Waals surface area contributed by atoms with Crippen LogP contribution in [0.1, 0.15) is 33.3 Å². The van der Waals surface area contributed by atoms with Gasteiger partial charge in [-0.25, -0.2) is 4.98 Å². The number of carbonyl (C=O) groups is 1. The number of carbonyl (C=O) groups excluding carboxylic acids is 1. The molecular formula is C19H24N2O2. The second-order valence-corrected chi connectivity index (χ2v) is 6.03. The van der Waals surface area contributed by atoms with Crippen LogP contribution in [-0.2, 0) is 9.53 Å². The highest BCUT2D eigenvalue weighted by molar-refractivity contribution is 6.02. The molecule has 0 aliphatic heterocycles. The fraction of sp³-hybridized carbons (Fsp3) is 0.263. The molecule has 0 atom stereocenters. The number of pyridine rings is 1. The van der Waals surface area contributed by atoms with Crippen molar-refractivity contribution in [2.45, 2.75) is 33.3 Å². The largest absolute Gasteiger partial charge is 0.489 e. The molecule has 0 aliphatic rings. The van der Waals surface area contributed by atoms with E-state index < -0.39 is 0 Å². The Bertz CT molecular complexity index is 632. The standard InChI is InChI=1S/C19H24N2O2/c1-7-8-14(2)18(22)21-17-12-11-16(13-20-17)10-9-15(3)23-19(4,5)6/h7-13H,1,3H2,2,4-6H3,(H,20,21,22)/b10-9+,14-8+. The van der Waals surface area contributed by atoms with Crippen molar-refractivity contribution in [2.24, 2.45) is 0 Å². The molecule has 0 aromatic carbocycles. The maximum atomic E-state index is 11.8. The summed E-state index contributed by atoms with van der Waals surface area (Å²) in [4.78, 5) is 16.0. The lowest BCUT2D eigenvalue weighted by Crippen LogP contribution is -2.17. The van der Waals surface area contributed by atoms with Crippen LogP contribution in [0.4, 0.5) is 5.82 Å². The summed E-state index contributed by atoms with van der Waals surface area (Å²) >= 11 is 0. The first-order valence-corrected chi connectivity index (χ1v) is 7.34. The Morgan fingerprint density at radius 2 is 2.04 bits per heavy atom. The molecule has 0 unspecified atom stereocenters. The number of aromatic nitrogens is 1. The van der Waals surface area contributed by atoms with Crippen molar-refractivity contribution >= 4 is 17.8 Å². The zero-order chi connectivity index (χ0) is 17.5. The molecule has 23 heavy (non-hydrogen) atoms. The number of allylic oxidation sites excluding steroid dienone is 3. The predicted octanol–water partition coefficient (Wildman–Crippen LogP) is 4.49. The molecule has 1 N–H and O–H groups in total. The average Bonchev–Trinajstić information content (AvgIpc) is 2.45. The van der Waals surface area contributed by atoms with E-state index in [2.05, 4.69) is 23.5 Å². The van der Waals surface area contributed by atoms with E-state index in [0.717, 1.165) is 5.56 Å². The molecular weight excluding hydrogens is 288 g/mol. The van der Waals surface area contributed by atoms with Crippen LogP contribution in [0.15, 0.2) is 61.0 Å². The quantitative estimate of drug-likeness (QED) is 0.478. The lowest BCUT2D eigenvalue weighted by Gasteiger charge is -2.21. The van der Waals surface area contributed by atoms with Crippen LogP contribution < -0.4 is 5.32 Å². The molecule has 1 amide bonds. The fourth-order valence-corrected chi connectivity index (χ4v) is 1.66. The zero-order valence-corrected chi connectivity index (χ0v) is 14.2. The SMILES string of the molecule is C=C/C=C(\C)C(=O)Nc1ccc(/C=C/C(=C)OC(C)(C)C)cn1. The van der Waals surface area contributed by atoms with Crippen LogP contribution in [0.5, 0.6) is 0 Å². The molecule has 1 aromatic heterocycles. The molecule has 4 nitrogen and oxygen atoms in total. The van der Waals surface area contributed by atoms with Gasteiger partial charge in [0.2, 0.25) is 0 Å². The Morgan fingerprint density at radius 1 is 1.35 bits per heavy atom. The van der Waals surface area contributed by atoms with Gasteiger partial charge in [0.15, 0.2) is 0 Å². The smallest absolute Gasteiger partial charge is 0.252 e. The van der Waals surface area contributed by atoms with Gasteiger partial charge in [0.25, 0.3) is 5.91 Å². The first kappa shape index (κ1) is 18.4. The normalized spacial score (nSPS) is 12.1. The summed E-state index contributed by atoms with van der Waals surface area (Å²) in [6, 6.07) is 3.60. The topological polar surface area (TPSA) is 51.2 Å². The minimum Gasteiger partial charge on any atom is -0.489 e. The van der Waals surface area contributed by atoms with Gasteiger partial charge in [-0.05, 0) is 57.5 Å². The second kappa shape index (κ2) is 8.13. The molecule has 122 valence electrons. The van der Waals surface area contributed by atoms with E-state index in [0.29, 0.717) is 17.2 Å². The maximum absolute atomic E-state index is 11.8. The monoisotopic (exact) mass is 312 g/mol. The summed E-state index contributed by atoms with van der Waals surface area (Å²) < 4.78 is 5.61. The highest BCUT2D eigenvalue weighted by atomic mass is 16.5. The van der Waals surface area contributed by atoms with Crippen molar-refractivity contribution in [3.8, 4) is 0 Å². The van der Waals surface area contributed by atoms with Gasteiger partial charge >= 0.3 is 0 Å². The lowest BCUT2D eigenvalue weighted by atomic mass is 10.2. The summed E-state index contributed by atoms with van der Waals surface area (Å²) in [7, 11) is 0. The van der Waals surface area contributed by atoms with Gasteiger partial charge in [-0.15, -0.1) is 0 Å². The molecule has 0 bridgehead atoms. The molecule has 0 saturated heterocycles. The van der Waals surface area contributed by atoms with E-state index in [-0.39, 0.29) is 11.5 Å². The number of hydrogen-bond donors (Lipinski definition) is 1. The number of hydrogen-bond acceptors (Lipinski definition) is 3. The van der Waals surface area contributed by atoms with Gasteiger partial charge in [-0.1, -0.05) is 25.3 Å². The van der Waals surface area contributed by atoms with Gasteiger partial charge in [-0.2, -0.15) is 0 Å². The van der Waals surface area contributed by atoms with Crippen LogP contribution in [-0.4, -0.2) is 16.5 Å². The molecule has 1 aromatic rings. The summed E-state index contributed by atoms with van der Waals surface area (Å²) in [5, 5.41) is 2.72. The van der Waals surface area contributed by atoms with Gasteiger partial charge in [0.05, 0.1) is 0 Å². The van der Waals surface area contributed by atoms with E-state index in [9.17, 15) is 4.79 Å². The number of ether oxygens (including phenoxy) is 1. The first-order valence-electron chi connectivity index (χ1n) is 7.34. The highest BCUT2D eigenvalue weighted by Gasteiger charge is 2.10. The molecule has 0 radical (unpaired) electrons. The van der Waals surface area contributed by atoms with Crippen LogP contribution >= 0.6 is 0 Å². The van der Waals surface area contributed by atoms with Crippen molar-refractivity contribution in [3.63, 3.8) is 0 Å². The average molecular weight is 312 g/mol. The Morgan fingerprint density at radius 3 is 2.57 bits per heavy atom. The van der Waals surface area contributed by atoms with Crippen molar-refractivity contribution in [2.75, 3.05) is 5.32 Å². The van der Waals surface area contributed by atoms with Crippen molar-refractivity contribution in [3.05, 3.63) is 66.6 Å². The fourth-order valence-electron chi connectivity index (χ4n) is 1.66. The minimum atomic E-state index is -0.273. The first-order chi connectivity index (χ1) is 10.7. The predicted molar refractivity (Wildman–Crippen MR) is 95.8 cm³/mol. The van der Waals surface area contributed by atoms with Crippen molar-refractivity contribution < 1.29 is 9.53 Å². The minimum absolute atomic E-state index is 0.201. The van der Waals surface area contributed by atoms with Gasteiger partial charge in [0.1, 0.15) is 17.2 Å². The van der Waals surface area contributed by atoms with E-state index >= 15 is 0 Å². The van der Waals surface area contributed by atoms with Crippen LogP contribution in [0, 0.1) is 0 Å². The summed E-state index contributed by atoms with van der Waals surface area (Å²) in [5.41, 5.74) is 1.19. The van der Waals surface area contributed by atoms with E-state index in [4.69, 9.17) is 4.74 Å². The molecule has 4 heteroatoms. The van der Waals surface area contributed by atoms with E-state index in [1.54, 1.807) is 37.4 Å². The van der Waals surface area contributed by atoms with E-state index in [1.165, 1.54) is 0 Å². The summed E-state index contributed by atoms with van der Waals surface area (Å²) in [6.07, 6.45) is 8.53.